The molecular weight excluding hydrogens is 382 g/mol. The van der Waals surface area contributed by atoms with Gasteiger partial charge in [0.1, 0.15) is 18.4 Å². The Labute approximate surface area is 152 Å². The molecule has 11 nitrogen and oxygen atoms in total. The van der Waals surface area contributed by atoms with Gasteiger partial charge >= 0.3 is 5.69 Å². The van der Waals surface area contributed by atoms with Crippen LogP contribution in [-0.2, 0) is 19.0 Å². The van der Waals surface area contributed by atoms with E-state index >= 15 is 0 Å². The number of benzene rings is 1. The molecule has 1 aromatic carbocycles. The van der Waals surface area contributed by atoms with Gasteiger partial charge in [-0.1, -0.05) is 17.7 Å². The summed E-state index contributed by atoms with van der Waals surface area (Å²) in [6.45, 7) is 1.13. The number of hydrogen-bond donors (Lipinski definition) is 3. The molecule has 1 saturated heterocycles. The Kier molecular flexibility index (Phi) is 5.26. The normalized spacial score (nSPS) is 25.6. The van der Waals surface area contributed by atoms with E-state index in [0.29, 0.717) is 4.68 Å². The number of nitrogens with zero attached hydrogens (tertiary/aromatic N) is 2. The first-order valence-electron chi connectivity index (χ1n) is 7.85. The Morgan fingerprint density at radius 3 is 2.56 bits per heavy atom. The highest BCUT2D eigenvalue weighted by Crippen LogP contribution is 2.32. The second-order valence-electron chi connectivity index (χ2n) is 5.95. The molecule has 1 aromatic heterocycles. The maximum atomic E-state index is 12.5. The van der Waals surface area contributed by atoms with Gasteiger partial charge in [-0.05, 0) is 19.1 Å². The third-order valence-corrected chi connectivity index (χ3v) is 5.34. The Hall–Kier alpha value is -2.38. The summed E-state index contributed by atoms with van der Waals surface area (Å²) in [5, 5.41) is 23.2. The van der Waals surface area contributed by atoms with Crippen molar-refractivity contribution in [2.75, 3.05) is 6.61 Å². The highest BCUT2D eigenvalue weighted by molar-refractivity contribution is 7.86. The molecule has 0 aliphatic carbocycles. The number of ether oxygens (including phenoxy) is 1. The van der Waals surface area contributed by atoms with E-state index in [1.165, 1.54) is 12.1 Å². The lowest BCUT2D eigenvalue weighted by Crippen LogP contribution is -2.41. The predicted molar refractivity (Wildman–Crippen MR) is 89.4 cm³/mol. The monoisotopic (exact) mass is 399 g/mol. The number of aliphatic hydroxyl groups excluding tert-OH is 2. The third kappa shape index (κ3) is 3.84. The molecule has 0 spiro atoms. The Bertz CT molecular complexity index is 1030. The zero-order valence-electron chi connectivity index (χ0n) is 14.0. The fraction of sp³-hybridized carbons (Fsp3) is 0.400. The molecule has 27 heavy (non-hydrogen) atoms. The molecule has 1 aliphatic rings. The molecule has 4 atom stereocenters. The van der Waals surface area contributed by atoms with Gasteiger partial charge in [-0.25, -0.2) is 4.79 Å². The summed E-state index contributed by atoms with van der Waals surface area (Å²) in [6.07, 6.45) is -5.06. The summed E-state index contributed by atoms with van der Waals surface area (Å²) in [5.41, 5.74) is -0.918. The van der Waals surface area contributed by atoms with Gasteiger partial charge < -0.3 is 14.9 Å². The average Bonchev–Trinajstić information content (AvgIpc) is 2.91. The molecule has 3 N–H and O–H groups in total. The second kappa shape index (κ2) is 7.32. The quantitative estimate of drug-likeness (QED) is 0.496. The van der Waals surface area contributed by atoms with Crippen LogP contribution in [0.3, 0.4) is 0 Å². The van der Waals surface area contributed by atoms with E-state index in [1.807, 2.05) is 4.98 Å². The van der Waals surface area contributed by atoms with Crippen molar-refractivity contribution in [3.8, 4) is 0 Å². The maximum Gasteiger partial charge on any atom is 0.347 e. The third-order valence-electron chi connectivity index (χ3n) is 4.02. The highest BCUT2D eigenvalue weighted by atomic mass is 32.2. The minimum atomic E-state index is -4.32. The van der Waals surface area contributed by atoms with E-state index in [9.17, 15) is 28.2 Å². The molecule has 12 heteroatoms. The first-order chi connectivity index (χ1) is 12.7. The van der Waals surface area contributed by atoms with Crippen molar-refractivity contribution in [3.63, 3.8) is 0 Å². The van der Waals surface area contributed by atoms with Gasteiger partial charge in [0.2, 0.25) is 0 Å². The Morgan fingerprint density at radius 1 is 1.30 bits per heavy atom. The van der Waals surface area contributed by atoms with E-state index in [-0.39, 0.29) is 4.90 Å². The topological polar surface area (TPSA) is 161 Å². The minimum Gasteiger partial charge on any atom is -0.394 e. The number of aromatic amines is 1. The summed E-state index contributed by atoms with van der Waals surface area (Å²) in [4.78, 5) is 24.9. The molecule has 2 heterocycles. The van der Waals surface area contributed by atoms with Crippen LogP contribution in [0, 0.1) is 6.92 Å². The first-order valence-corrected chi connectivity index (χ1v) is 9.26. The number of aromatic nitrogens is 3. The number of nitrogens with one attached hydrogen (secondary N) is 1. The second-order valence-corrected chi connectivity index (χ2v) is 7.52. The van der Waals surface area contributed by atoms with Crippen molar-refractivity contribution in [2.45, 2.75) is 36.4 Å². The van der Waals surface area contributed by atoms with Gasteiger partial charge in [0.05, 0.1) is 11.5 Å². The van der Waals surface area contributed by atoms with E-state index in [0.717, 1.165) is 11.8 Å². The lowest BCUT2D eigenvalue weighted by molar-refractivity contribution is -0.0582. The lowest BCUT2D eigenvalue weighted by Gasteiger charge is -2.20. The molecule has 0 bridgehead atoms. The van der Waals surface area contributed by atoms with E-state index in [2.05, 4.69) is 5.10 Å². The molecule has 0 radical (unpaired) electrons. The number of rotatable bonds is 5. The van der Waals surface area contributed by atoms with Crippen molar-refractivity contribution in [1.29, 1.82) is 0 Å². The van der Waals surface area contributed by atoms with E-state index in [4.69, 9.17) is 8.92 Å². The SMILES string of the molecule is Cc1ccc(S(=O)(=O)OC2C(O)C(CO)OC2n2ncc(=O)[nH]c2=O)cc1. The van der Waals surface area contributed by atoms with Gasteiger partial charge in [-0.3, -0.25) is 14.0 Å². The smallest absolute Gasteiger partial charge is 0.347 e. The van der Waals surface area contributed by atoms with Gasteiger partial charge in [-0.15, -0.1) is 0 Å². The Balaban J connectivity index is 1.98. The van der Waals surface area contributed by atoms with Crippen LogP contribution in [0.25, 0.3) is 0 Å². The van der Waals surface area contributed by atoms with Gasteiger partial charge in [-0.2, -0.15) is 18.2 Å². The zero-order valence-corrected chi connectivity index (χ0v) is 14.9. The minimum absolute atomic E-state index is 0.159. The molecule has 4 unspecified atom stereocenters. The molecule has 0 saturated carbocycles. The van der Waals surface area contributed by atoms with Crippen LogP contribution in [0.2, 0.25) is 0 Å². The van der Waals surface area contributed by atoms with Crippen LogP contribution in [0.1, 0.15) is 11.8 Å². The molecule has 1 fully saturated rings. The fourth-order valence-corrected chi connectivity index (χ4v) is 3.70. The lowest BCUT2D eigenvalue weighted by atomic mass is 10.1. The molecule has 146 valence electrons. The largest absolute Gasteiger partial charge is 0.394 e. The summed E-state index contributed by atoms with van der Waals surface area (Å²) < 4.78 is 36.2. The van der Waals surface area contributed by atoms with Gasteiger partial charge in [0, 0.05) is 0 Å². The van der Waals surface area contributed by atoms with Gasteiger partial charge in [0.15, 0.2) is 12.3 Å². The molecule has 0 amide bonds. The highest BCUT2D eigenvalue weighted by Gasteiger charge is 2.48. The van der Waals surface area contributed by atoms with Crippen molar-refractivity contribution >= 4 is 10.1 Å². The first kappa shape index (κ1) is 19.4. The van der Waals surface area contributed by atoms with Gasteiger partial charge in [0.25, 0.3) is 15.7 Å². The fourth-order valence-electron chi connectivity index (χ4n) is 2.62. The van der Waals surface area contributed by atoms with Crippen LogP contribution in [0.15, 0.2) is 44.9 Å². The molecule has 2 aromatic rings. The van der Waals surface area contributed by atoms with E-state index in [1.54, 1.807) is 19.1 Å². The van der Waals surface area contributed by atoms with Crippen molar-refractivity contribution < 1.29 is 27.6 Å². The summed E-state index contributed by atoms with van der Waals surface area (Å²) >= 11 is 0. The van der Waals surface area contributed by atoms with Crippen LogP contribution >= 0.6 is 0 Å². The molecular formula is C15H17N3O8S. The number of H-pyrrole nitrogens is 1. The van der Waals surface area contributed by atoms with Crippen molar-refractivity contribution in [1.82, 2.24) is 14.8 Å². The average molecular weight is 399 g/mol. The standard InChI is InChI=1S/C15H17N3O8S/c1-8-2-4-9(5-3-8)27(23,24)26-13-12(21)10(7-19)25-14(13)18-15(22)17-11(20)6-16-18/h2-6,10,12-14,19,21H,7H2,1H3,(H,17,20,22). The summed E-state index contributed by atoms with van der Waals surface area (Å²) in [7, 11) is -4.32. The number of hydrogen-bond acceptors (Lipinski definition) is 9. The van der Waals surface area contributed by atoms with Crippen molar-refractivity contribution in [2.24, 2.45) is 0 Å². The molecule has 3 rings (SSSR count). The van der Waals surface area contributed by atoms with Crippen molar-refractivity contribution in [3.05, 3.63) is 56.9 Å². The predicted octanol–water partition coefficient (Wildman–Crippen LogP) is -1.74. The summed E-state index contributed by atoms with van der Waals surface area (Å²) in [6, 6.07) is 5.80. The number of aryl methyl sites for hydroxylation is 1. The maximum absolute atomic E-state index is 12.5. The van der Waals surface area contributed by atoms with Crippen LogP contribution < -0.4 is 11.2 Å². The molecule has 1 aliphatic heterocycles. The van der Waals surface area contributed by atoms with Crippen LogP contribution in [0.4, 0.5) is 0 Å². The number of aliphatic hydroxyl groups is 2. The zero-order chi connectivity index (χ0) is 19.8. The van der Waals surface area contributed by atoms with E-state index < -0.39 is 52.5 Å². The van der Waals surface area contributed by atoms with Crippen LogP contribution in [-0.4, -0.2) is 58.3 Å². The summed E-state index contributed by atoms with van der Waals surface area (Å²) in [5.74, 6) is 0. The van der Waals surface area contributed by atoms with Crippen LogP contribution in [0.5, 0.6) is 0 Å². The Morgan fingerprint density at radius 2 is 1.96 bits per heavy atom.